The molecule has 1 saturated heterocycles. The van der Waals surface area contributed by atoms with Crippen molar-refractivity contribution in [2.24, 2.45) is 0 Å². The molecule has 1 aliphatic heterocycles. The summed E-state index contributed by atoms with van der Waals surface area (Å²) in [6, 6.07) is 5.17. The van der Waals surface area contributed by atoms with E-state index >= 15 is 0 Å². The summed E-state index contributed by atoms with van der Waals surface area (Å²) in [6.45, 7) is 4.59. The molecule has 0 atom stereocenters. The highest BCUT2D eigenvalue weighted by Crippen LogP contribution is 2.21. The maximum Gasteiger partial charge on any atom is 0.243 e. The predicted octanol–water partition coefficient (Wildman–Crippen LogP) is 2.05. The van der Waals surface area contributed by atoms with Gasteiger partial charge in [0.05, 0.1) is 4.90 Å². The largest absolute Gasteiger partial charge is 0.300 e. The van der Waals surface area contributed by atoms with E-state index in [-0.39, 0.29) is 5.78 Å². The Labute approximate surface area is 114 Å². The standard InChI is InChI=1S/C14H19NO3S/c1-11-5-6-14(10-12(11)2)19(17,18)15-8-3-4-13(16)7-9-15/h5-6,10H,3-4,7-9H2,1-2H3. The van der Waals surface area contributed by atoms with Crippen LogP contribution in [0.1, 0.15) is 30.4 Å². The number of hydrogen-bond donors (Lipinski definition) is 0. The summed E-state index contributed by atoms with van der Waals surface area (Å²) in [5.74, 6) is 0.151. The van der Waals surface area contributed by atoms with Crippen molar-refractivity contribution in [2.45, 2.75) is 38.0 Å². The van der Waals surface area contributed by atoms with Gasteiger partial charge in [0.1, 0.15) is 5.78 Å². The van der Waals surface area contributed by atoms with Crippen molar-refractivity contribution in [2.75, 3.05) is 13.1 Å². The van der Waals surface area contributed by atoms with E-state index < -0.39 is 10.0 Å². The molecule has 1 aromatic rings. The Morgan fingerprint density at radius 3 is 2.47 bits per heavy atom. The van der Waals surface area contributed by atoms with Crippen molar-refractivity contribution in [1.29, 1.82) is 0 Å². The number of benzene rings is 1. The molecule has 5 heteroatoms. The molecule has 0 aromatic heterocycles. The fourth-order valence-corrected chi connectivity index (χ4v) is 3.77. The molecule has 104 valence electrons. The molecule has 0 aliphatic carbocycles. The van der Waals surface area contributed by atoms with Crippen LogP contribution in [0.3, 0.4) is 0 Å². The molecule has 1 heterocycles. The minimum atomic E-state index is -3.47. The lowest BCUT2D eigenvalue weighted by Crippen LogP contribution is -2.32. The van der Waals surface area contributed by atoms with E-state index in [0.29, 0.717) is 37.2 Å². The maximum absolute atomic E-state index is 12.5. The summed E-state index contributed by atoms with van der Waals surface area (Å²) in [7, 11) is -3.47. The Kier molecular flexibility index (Phi) is 4.06. The van der Waals surface area contributed by atoms with Crippen LogP contribution in [-0.2, 0) is 14.8 Å². The van der Waals surface area contributed by atoms with Gasteiger partial charge < -0.3 is 0 Å². The Balaban J connectivity index is 2.30. The first-order valence-corrected chi connectivity index (χ1v) is 7.94. The maximum atomic E-state index is 12.5. The highest BCUT2D eigenvalue weighted by molar-refractivity contribution is 7.89. The van der Waals surface area contributed by atoms with E-state index in [4.69, 9.17) is 0 Å². The molecule has 0 spiro atoms. The SMILES string of the molecule is Cc1ccc(S(=O)(=O)N2CCCC(=O)CC2)cc1C. The van der Waals surface area contributed by atoms with Crippen molar-refractivity contribution >= 4 is 15.8 Å². The summed E-state index contributed by atoms with van der Waals surface area (Å²) in [6.07, 6.45) is 1.42. The van der Waals surface area contributed by atoms with Crippen LogP contribution in [0.2, 0.25) is 0 Å². The molecule has 0 N–H and O–H groups in total. The van der Waals surface area contributed by atoms with Gasteiger partial charge >= 0.3 is 0 Å². The monoisotopic (exact) mass is 281 g/mol. The topological polar surface area (TPSA) is 54.5 Å². The fourth-order valence-electron chi connectivity index (χ4n) is 2.20. The zero-order valence-electron chi connectivity index (χ0n) is 11.3. The van der Waals surface area contributed by atoms with Crippen LogP contribution < -0.4 is 0 Å². The second kappa shape index (κ2) is 5.43. The molecule has 2 rings (SSSR count). The van der Waals surface area contributed by atoms with Crippen LogP contribution >= 0.6 is 0 Å². The van der Waals surface area contributed by atoms with Crippen LogP contribution in [-0.4, -0.2) is 31.6 Å². The van der Waals surface area contributed by atoms with Gasteiger partial charge in [-0.2, -0.15) is 4.31 Å². The molecule has 0 unspecified atom stereocenters. The summed E-state index contributed by atoms with van der Waals surface area (Å²) >= 11 is 0. The van der Waals surface area contributed by atoms with Crippen LogP contribution in [0.15, 0.2) is 23.1 Å². The molecule has 1 aliphatic rings. The molecule has 19 heavy (non-hydrogen) atoms. The highest BCUT2D eigenvalue weighted by Gasteiger charge is 2.26. The Morgan fingerprint density at radius 1 is 1.05 bits per heavy atom. The first-order valence-electron chi connectivity index (χ1n) is 6.50. The van der Waals surface area contributed by atoms with E-state index in [9.17, 15) is 13.2 Å². The molecule has 1 fully saturated rings. The zero-order valence-corrected chi connectivity index (χ0v) is 12.2. The van der Waals surface area contributed by atoms with E-state index in [0.717, 1.165) is 11.1 Å². The lowest BCUT2D eigenvalue weighted by molar-refractivity contribution is -0.118. The molecule has 0 amide bonds. The number of hydrogen-bond acceptors (Lipinski definition) is 3. The first-order chi connectivity index (χ1) is 8.91. The van der Waals surface area contributed by atoms with Gasteiger partial charge in [0.15, 0.2) is 0 Å². The predicted molar refractivity (Wildman–Crippen MR) is 73.5 cm³/mol. The highest BCUT2D eigenvalue weighted by atomic mass is 32.2. The van der Waals surface area contributed by atoms with Gasteiger partial charge in [-0.1, -0.05) is 6.07 Å². The van der Waals surface area contributed by atoms with Gasteiger partial charge in [-0.3, -0.25) is 4.79 Å². The summed E-state index contributed by atoms with van der Waals surface area (Å²) in [4.78, 5) is 11.7. The molecular formula is C14H19NO3S. The quantitative estimate of drug-likeness (QED) is 0.833. The summed E-state index contributed by atoms with van der Waals surface area (Å²) < 4.78 is 26.5. The van der Waals surface area contributed by atoms with Gasteiger partial charge in [-0.25, -0.2) is 8.42 Å². The average Bonchev–Trinajstić information content (AvgIpc) is 2.57. The van der Waals surface area contributed by atoms with Gasteiger partial charge in [-0.05, 0) is 43.5 Å². The van der Waals surface area contributed by atoms with Crippen molar-refractivity contribution in [3.05, 3.63) is 29.3 Å². The number of carbonyl (C=O) groups excluding carboxylic acids is 1. The fraction of sp³-hybridized carbons (Fsp3) is 0.500. The number of rotatable bonds is 2. The van der Waals surface area contributed by atoms with Crippen LogP contribution in [0.25, 0.3) is 0 Å². The second-order valence-electron chi connectivity index (χ2n) is 5.04. The lowest BCUT2D eigenvalue weighted by Gasteiger charge is -2.20. The van der Waals surface area contributed by atoms with E-state index in [1.165, 1.54) is 4.31 Å². The second-order valence-corrected chi connectivity index (χ2v) is 6.98. The van der Waals surface area contributed by atoms with Gasteiger partial charge in [0.25, 0.3) is 0 Å². The van der Waals surface area contributed by atoms with Crippen LogP contribution in [0.4, 0.5) is 0 Å². The Bertz CT molecular complexity index is 593. The third-order valence-electron chi connectivity index (χ3n) is 3.62. The smallest absolute Gasteiger partial charge is 0.243 e. The normalized spacial score (nSPS) is 18.3. The Hall–Kier alpha value is -1.20. The van der Waals surface area contributed by atoms with E-state index in [2.05, 4.69) is 0 Å². The van der Waals surface area contributed by atoms with Gasteiger partial charge in [0, 0.05) is 25.9 Å². The van der Waals surface area contributed by atoms with E-state index in [1.807, 2.05) is 19.9 Å². The van der Waals surface area contributed by atoms with Crippen molar-refractivity contribution in [3.63, 3.8) is 0 Å². The minimum absolute atomic E-state index is 0.151. The number of sulfonamides is 1. The van der Waals surface area contributed by atoms with Crippen molar-refractivity contribution in [1.82, 2.24) is 4.31 Å². The van der Waals surface area contributed by atoms with Crippen molar-refractivity contribution < 1.29 is 13.2 Å². The number of ketones is 1. The molecule has 0 saturated carbocycles. The molecule has 4 nitrogen and oxygen atoms in total. The molecular weight excluding hydrogens is 262 g/mol. The molecule has 0 radical (unpaired) electrons. The minimum Gasteiger partial charge on any atom is -0.300 e. The number of aryl methyl sites for hydroxylation is 2. The first kappa shape index (κ1) is 14.2. The Morgan fingerprint density at radius 2 is 1.79 bits per heavy atom. The van der Waals surface area contributed by atoms with Gasteiger partial charge in [0.2, 0.25) is 10.0 Å². The number of carbonyl (C=O) groups is 1. The third kappa shape index (κ3) is 3.04. The average molecular weight is 281 g/mol. The number of nitrogens with zero attached hydrogens (tertiary/aromatic N) is 1. The van der Waals surface area contributed by atoms with Crippen molar-refractivity contribution in [3.8, 4) is 0 Å². The van der Waals surface area contributed by atoms with Crippen LogP contribution in [0, 0.1) is 13.8 Å². The number of Topliss-reactive ketones (excluding diaryl/α,β-unsaturated/α-hetero) is 1. The van der Waals surface area contributed by atoms with Gasteiger partial charge in [-0.15, -0.1) is 0 Å². The lowest BCUT2D eigenvalue weighted by atomic mass is 10.1. The summed E-state index contributed by atoms with van der Waals surface area (Å²) in [5.41, 5.74) is 2.04. The van der Waals surface area contributed by atoms with Crippen LogP contribution in [0.5, 0.6) is 0 Å². The third-order valence-corrected chi connectivity index (χ3v) is 5.51. The van der Waals surface area contributed by atoms with E-state index in [1.54, 1.807) is 12.1 Å². The zero-order chi connectivity index (χ0) is 14.0. The molecule has 0 bridgehead atoms. The molecule has 1 aromatic carbocycles. The summed E-state index contributed by atoms with van der Waals surface area (Å²) in [5, 5.41) is 0.